The number of rotatable bonds is 5. The average Bonchev–Trinajstić information content (AvgIpc) is 3.01. The molecule has 6 heteroatoms. The zero-order valence-corrected chi connectivity index (χ0v) is 15.0. The van der Waals surface area contributed by atoms with E-state index < -0.39 is 6.10 Å². The number of aliphatic hydroxyl groups is 1. The summed E-state index contributed by atoms with van der Waals surface area (Å²) in [6.45, 7) is 4.81. The molecule has 1 aromatic heterocycles. The Morgan fingerprint density at radius 1 is 1.40 bits per heavy atom. The molecule has 0 unspecified atom stereocenters. The van der Waals surface area contributed by atoms with Gasteiger partial charge in [-0.3, -0.25) is 4.79 Å². The Kier molecular flexibility index (Phi) is 5.39. The quantitative estimate of drug-likeness (QED) is 0.620. The maximum atomic E-state index is 12.2. The molecule has 1 aliphatic rings. The van der Waals surface area contributed by atoms with Crippen LogP contribution in [0, 0.1) is 19.8 Å². The van der Waals surface area contributed by atoms with Crippen LogP contribution in [0.4, 0.5) is 0 Å². The number of carbonyl (C=O) groups excluding carboxylic acids is 1. The fraction of sp³-hybridized carbons (Fsp3) is 0.579. The Bertz CT molecular complexity index is 755. The number of hydrogen-bond donors (Lipinski definition) is 4. The molecule has 1 fully saturated rings. The van der Waals surface area contributed by atoms with E-state index >= 15 is 0 Å². The van der Waals surface area contributed by atoms with Crippen LogP contribution in [0.15, 0.2) is 12.1 Å². The first-order valence-electron chi connectivity index (χ1n) is 9.12. The molecule has 25 heavy (non-hydrogen) atoms. The van der Waals surface area contributed by atoms with Gasteiger partial charge in [0, 0.05) is 24.9 Å². The highest BCUT2D eigenvalue weighted by Crippen LogP contribution is 2.24. The number of carbonyl (C=O) groups is 1. The Labute approximate surface area is 148 Å². The van der Waals surface area contributed by atoms with Crippen LogP contribution in [0.25, 0.3) is 11.0 Å². The first kappa shape index (κ1) is 17.9. The summed E-state index contributed by atoms with van der Waals surface area (Å²) in [5.41, 5.74) is 10.4. The molecule has 0 bridgehead atoms. The van der Waals surface area contributed by atoms with E-state index in [9.17, 15) is 9.90 Å². The van der Waals surface area contributed by atoms with Crippen molar-refractivity contribution in [2.24, 2.45) is 11.7 Å². The minimum Gasteiger partial charge on any atom is -0.392 e. The van der Waals surface area contributed by atoms with Gasteiger partial charge in [0.2, 0.25) is 5.91 Å². The van der Waals surface area contributed by atoms with Gasteiger partial charge >= 0.3 is 0 Å². The van der Waals surface area contributed by atoms with Crippen molar-refractivity contribution in [3.8, 4) is 0 Å². The number of hydrogen-bond acceptors (Lipinski definition) is 4. The summed E-state index contributed by atoms with van der Waals surface area (Å²) in [6, 6.07) is 3.88. The molecule has 0 aliphatic heterocycles. The predicted octanol–water partition coefficient (Wildman–Crippen LogP) is 1.72. The van der Waals surface area contributed by atoms with Gasteiger partial charge in [-0.25, -0.2) is 4.98 Å². The van der Waals surface area contributed by atoms with Crippen molar-refractivity contribution in [3.63, 3.8) is 0 Å². The first-order chi connectivity index (χ1) is 12.0. The summed E-state index contributed by atoms with van der Waals surface area (Å²) in [5.74, 6) is 0.939. The molecule has 2 aromatic rings. The molecule has 0 saturated heterocycles. The molecule has 1 aliphatic carbocycles. The lowest BCUT2D eigenvalue weighted by molar-refractivity contribution is -0.126. The summed E-state index contributed by atoms with van der Waals surface area (Å²) < 4.78 is 0. The number of aliphatic hydroxyl groups excluding tert-OH is 1. The molecule has 1 heterocycles. The number of aromatic nitrogens is 2. The summed E-state index contributed by atoms with van der Waals surface area (Å²) >= 11 is 0. The number of nitrogens with one attached hydrogen (secondary N) is 2. The van der Waals surface area contributed by atoms with E-state index in [-0.39, 0.29) is 17.9 Å². The Morgan fingerprint density at radius 2 is 2.20 bits per heavy atom. The number of nitrogens with two attached hydrogens (primary N) is 1. The summed E-state index contributed by atoms with van der Waals surface area (Å²) in [7, 11) is 0. The van der Waals surface area contributed by atoms with Crippen molar-refractivity contribution in [2.75, 3.05) is 6.54 Å². The highest BCUT2D eigenvalue weighted by Gasteiger charge is 2.30. The van der Waals surface area contributed by atoms with Crippen LogP contribution in [0.1, 0.15) is 42.6 Å². The minimum absolute atomic E-state index is 0.0541. The van der Waals surface area contributed by atoms with Crippen molar-refractivity contribution < 1.29 is 9.90 Å². The fourth-order valence-corrected chi connectivity index (χ4v) is 3.52. The van der Waals surface area contributed by atoms with Crippen LogP contribution in [0.3, 0.4) is 0 Å². The van der Waals surface area contributed by atoms with Crippen LogP contribution in [0.5, 0.6) is 0 Å². The van der Waals surface area contributed by atoms with Gasteiger partial charge in [0.25, 0.3) is 0 Å². The Hall–Kier alpha value is -1.92. The molecule has 3 atom stereocenters. The molecular formula is C19H28N4O2. The number of amides is 1. The second kappa shape index (κ2) is 7.54. The third-order valence-electron chi connectivity index (χ3n) is 5.35. The highest BCUT2D eigenvalue weighted by molar-refractivity contribution is 5.80. The van der Waals surface area contributed by atoms with Gasteiger partial charge in [-0.2, -0.15) is 0 Å². The van der Waals surface area contributed by atoms with E-state index in [1.807, 2.05) is 0 Å². The van der Waals surface area contributed by atoms with E-state index in [1.54, 1.807) is 0 Å². The smallest absolute Gasteiger partial charge is 0.223 e. The van der Waals surface area contributed by atoms with Crippen LogP contribution in [-0.2, 0) is 11.2 Å². The monoisotopic (exact) mass is 344 g/mol. The molecule has 0 radical (unpaired) electrons. The van der Waals surface area contributed by atoms with E-state index in [1.165, 1.54) is 11.1 Å². The fourth-order valence-electron chi connectivity index (χ4n) is 3.52. The lowest BCUT2D eigenvalue weighted by Crippen LogP contribution is -2.45. The number of H-pyrrole nitrogens is 1. The molecule has 1 aromatic carbocycles. The SMILES string of the molecule is Cc1ccc2[nH]c(CCCNC(=O)[C@H]3CC[C@@H](O)[C@H](N)C3)nc2c1C. The highest BCUT2D eigenvalue weighted by atomic mass is 16.3. The molecule has 1 saturated carbocycles. The largest absolute Gasteiger partial charge is 0.392 e. The van der Waals surface area contributed by atoms with Gasteiger partial charge in [-0.05, 0) is 56.7 Å². The predicted molar refractivity (Wildman–Crippen MR) is 98.2 cm³/mol. The van der Waals surface area contributed by atoms with Gasteiger partial charge in [0.05, 0.1) is 17.1 Å². The minimum atomic E-state index is -0.468. The van der Waals surface area contributed by atoms with Crippen molar-refractivity contribution in [2.45, 2.75) is 58.1 Å². The third kappa shape index (κ3) is 4.02. The van der Waals surface area contributed by atoms with Crippen LogP contribution in [0.2, 0.25) is 0 Å². The van der Waals surface area contributed by atoms with Gasteiger partial charge < -0.3 is 21.1 Å². The molecule has 6 nitrogen and oxygen atoms in total. The zero-order valence-electron chi connectivity index (χ0n) is 15.0. The normalized spacial score (nSPS) is 23.8. The standard InChI is InChI=1S/C19H28N4O2/c1-11-5-7-15-18(12(11)2)23-17(22-15)4-3-9-21-19(25)13-6-8-16(24)14(20)10-13/h5,7,13-14,16,24H,3-4,6,8-10,20H2,1-2H3,(H,21,25)(H,22,23)/t13-,14+,16+/m0/s1. The van der Waals surface area contributed by atoms with Gasteiger partial charge in [0.15, 0.2) is 0 Å². The van der Waals surface area contributed by atoms with E-state index in [0.29, 0.717) is 25.8 Å². The average molecular weight is 344 g/mol. The molecule has 136 valence electrons. The van der Waals surface area contributed by atoms with E-state index in [0.717, 1.165) is 29.7 Å². The lowest BCUT2D eigenvalue weighted by Gasteiger charge is -2.29. The molecule has 1 amide bonds. The van der Waals surface area contributed by atoms with Crippen molar-refractivity contribution in [1.82, 2.24) is 15.3 Å². The van der Waals surface area contributed by atoms with Crippen LogP contribution in [-0.4, -0.2) is 39.7 Å². The Balaban J connectivity index is 1.47. The second-order valence-electron chi connectivity index (χ2n) is 7.22. The maximum Gasteiger partial charge on any atom is 0.223 e. The van der Waals surface area contributed by atoms with Crippen molar-refractivity contribution in [3.05, 3.63) is 29.1 Å². The van der Waals surface area contributed by atoms with Gasteiger partial charge in [-0.1, -0.05) is 6.07 Å². The summed E-state index contributed by atoms with van der Waals surface area (Å²) in [5, 5.41) is 12.6. The van der Waals surface area contributed by atoms with Crippen molar-refractivity contribution >= 4 is 16.9 Å². The summed E-state index contributed by atoms with van der Waals surface area (Å²) in [6.07, 6.45) is 3.06. The maximum absolute atomic E-state index is 12.2. The van der Waals surface area contributed by atoms with Gasteiger partial charge in [0.1, 0.15) is 5.82 Å². The third-order valence-corrected chi connectivity index (χ3v) is 5.35. The number of nitrogens with zero attached hydrogens (tertiary/aromatic N) is 1. The van der Waals surface area contributed by atoms with Crippen LogP contribution >= 0.6 is 0 Å². The topological polar surface area (TPSA) is 104 Å². The number of aromatic amines is 1. The van der Waals surface area contributed by atoms with Gasteiger partial charge in [-0.15, -0.1) is 0 Å². The number of aryl methyl sites for hydroxylation is 3. The zero-order chi connectivity index (χ0) is 18.0. The molecular weight excluding hydrogens is 316 g/mol. The second-order valence-corrected chi connectivity index (χ2v) is 7.22. The summed E-state index contributed by atoms with van der Waals surface area (Å²) in [4.78, 5) is 20.3. The number of imidazole rings is 1. The number of benzene rings is 1. The van der Waals surface area contributed by atoms with Crippen molar-refractivity contribution in [1.29, 1.82) is 0 Å². The molecule has 3 rings (SSSR count). The Morgan fingerprint density at radius 3 is 2.96 bits per heavy atom. The molecule has 0 spiro atoms. The van der Waals surface area contributed by atoms with E-state index in [2.05, 4.69) is 41.3 Å². The first-order valence-corrected chi connectivity index (χ1v) is 9.12. The van der Waals surface area contributed by atoms with E-state index in [4.69, 9.17) is 5.73 Å². The lowest BCUT2D eigenvalue weighted by atomic mass is 9.83. The molecule has 5 N–H and O–H groups in total. The van der Waals surface area contributed by atoms with Crippen LogP contribution < -0.4 is 11.1 Å². The number of fused-ring (bicyclic) bond motifs is 1.